The van der Waals surface area contributed by atoms with Gasteiger partial charge in [-0.25, -0.2) is 4.79 Å². The third-order valence-electron chi connectivity index (χ3n) is 5.82. The summed E-state index contributed by atoms with van der Waals surface area (Å²) in [6, 6.07) is 7.95. The molecule has 0 fully saturated rings. The fourth-order valence-corrected chi connectivity index (χ4v) is 4.14. The van der Waals surface area contributed by atoms with Crippen molar-refractivity contribution in [2.75, 3.05) is 11.4 Å². The molecule has 0 unspecified atom stereocenters. The Morgan fingerprint density at radius 2 is 1.83 bits per heavy atom. The number of aryl methyl sites for hydroxylation is 2. The lowest BCUT2D eigenvalue weighted by Crippen LogP contribution is -2.41. The number of nitrogens with zero attached hydrogens (tertiary/aromatic N) is 5. The molecule has 8 nitrogen and oxygen atoms in total. The maximum absolute atomic E-state index is 13.3. The average Bonchev–Trinajstić information content (AvgIpc) is 3.11. The van der Waals surface area contributed by atoms with E-state index in [1.54, 1.807) is 11.6 Å². The van der Waals surface area contributed by atoms with Crippen molar-refractivity contribution in [3.8, 4) is 0 Å². The van der Waals surface area contributed by atoms with Gasteiger partial charge >= 0.3 is 5.69 Å². The van der Waals surface area contributed by atoms with Gasteiger partial charge in [-0.3, -0.25) is 13.9 Å². The van der Waals surface area contributed by atoms with Crippen LogP contribution in [0.1, 0.15) is 38.2 Å². The van der Waals surface area contributed by atoms with Crippen LogP contribution in [0.5, 0.6) is 0 Å². The van der Waals surface area contributed by atoms with Gasteiger partial charge in [0.1, 0.15) is 0 Å². The summed E-state index contributed by atoms with van der Waals surface area (Å²) < 4.78 is 4.51. The predicted molar refractivity (Wildman–Crippen MR) is 118 cm³/mol. The van der Waals surface area contributed by atoms with Gasteiger partial charge in [0.15, 0.2) is 11.2 Å². The molecule has 3 aromatic rings. The first-order valence-electron chi connectivity index (χ1n) is 10.6. The van der Waals surface area contributed by atoms with Crippen LogP contribution < -0.4 is 16.1 Å². The molecule has 1 aromatic carbocycles. The van der Waals surface area contributed by atoms with E-state index in [9.17, 15) is 14.7 Å². The number of aliphatic hydroxyl groups is 1. The van der Waals surface area contributed by atoms with E-state index in [1.165, 1.54) is 9.13 Å². The van der Waals surface area contributed by atoms with Crippen LogP contribution in [0.15, 0.2) is 33.9 Å². The van der Waals surface area contributed by atoms with Crippen LogP contribution in [-0.4, -0.2) is 36.4 Å². The summed E-state index contributed by atoms with van der Waals surface area (Å²) in [7, 11) is 1.65. The summed E-state index contributed by atoms with van der Waals surface area (Å²) in [4.78, 5) is 32.7. The van der Waals surface area contributed by atoms with Gasteiger partial charge in [0, 0.05) is 19.3 Å². The number of imidazole rings is 1. The zero-order chi connectivity index (χ0) is 21.4. The van der Waals surface area contributed by atoms with Gasteiger partial charge in [-0.15, -0.1) is 0 Å². The number of rotatable bonds is 6. The largest absolute Gasteiger partial charge is 0.389 e. The van der Waals surface area contributed by atoms with Crippen molar-refractivity contribution in [3.63, 3.8) is 0 Å². The van der Waals surface area contributed by atoms with E-state index in [4.69, 9.17) is 0 Å². The van der Waals surface area contributed by atoms with Gasteiger partial charge in [-0.2, -0.15) is 4.98 Å². The zero-order valence-electron chi connectivity index (χ0n) is 17.8. The van der Waals surface area contributed by atoms with Crippen molar-refractivity contribution in [3.05, 3.63) is 50.7 Å². The highest BCUT2D eigenvalue weighted by Gasteiger charge is 2.30. The van der Waals surface area contributed by atoms with E-state index < -0.39 is 6.10 Å². The Morgan fingerprint density at radius 1 is 1.10 bits per heavy atom. The maximum atomic E-state index is 13.3. The second-order valence-corrected chi connectivity index (χ2v) is 8.15. The Labute approximate surface area is 175 Å². The van der Waals surface area contributed by atoms with Gasteiger partial charge in [0.2, 0.25) is 5.95 Å². The second kappa shape index (κ2) is 8.10. The lowest BCUT2D eigenvalue weighted by molar-refractivity contribution is 0.154. The number of benzene rings is 1. The highest BCUT2D eigenvalue weighted by molar-refractivity contribution is 5.77. The molecule has 30 heavy (non-hydrogen) atoms. The minimum absolute atomic E-state index is 0.275. The van der Waals surface area contributed by atoms with Crippen LogP contribution in [0, 0.1) is 6.92 Å². The van der Waals surface area contributed by atoms with E-state index in [0.717, 1.165) is 36.9 Å². The quantitative estimate of drug-likeness (QED) is 0.629. The van der Waals surface area contributed by atoms with Gasteiger partial charge in [-0.05, 0) is 25.5 Å². The summed E-state index contributed by atoms with van der Waals surface area (Å²) in [6.45, 7) is 5.19. The highest BCUT2D eigenvalue weighted by atomic mass is 16.3. The van der Waals surface area contributed by atoms with Gasteiger partial charge < -0.3 is 14.6 Å². The Kier molecular flexibility index (Phi) is 5.51. The third kappa shape index (κ3) is 3.45. The van der Waals surface area contributed by atoms with E-state index in [0.29, 0.717) is 30.2 Å². The zero-order valence-corrected chi connectivity index (χ0v) is 17.8. The van der Waals surface area contributed by atoms with Crippen LogP contribution in [0.2, 0.25) is 0 Å². The Balaban J connectivity index is 1.86. The van der Waals surface area contributed by atoms with Gasteiger partial charge in [-0.1, -0.05) is 43.9 Å². The van der Waals surface area contributed by atoms with Crippen LogP contribution in [0.25, 0.3) is 11.2 Å². The van der Waals surface area contributed by atoms with E-state index >= 15 is 0 Å². The first-order chi connectivity index (χ1) is 14.4. The predicted octanol–water partition coefficient (Wildman–Crippen LogP) is 2.30. The highest BCUT2D eigenvalue weighted by Crippen LogP contribution is 2.31. The standard InChI is InChI=1S/C22H29N5O3/c1-4-5-6-7-12-25-20(29)18-19(24(3)22(25)30)23-21-26(13-17(28)14-27(18)21)16-10-8-15(2)9-11-16/h8-11,17,28H,4-7,12-14H2,1-3H3/t17-/m0/s1. The molecule has 1 aliphatic heterocycles. The maximum Gasteiger partial charge on any atom is 0.332 e. The molecule has 8 heteroatoms. The lowest BCUT2D eigenvalue weighted by Gasteiger charge is -2.32. The topological polar surface area (TPSA) is 85.3 Å². The Morgan fingerprint density at radius 3 is 2.53 bits per heavy atom. The molecule has 4 rings (SSSR count). The fraction of sp³-hybridized carbons (Fsp3) is 0.500. The molecule has 1 N–H and O–H groups in total. The molecule has 160 valence electrons. The second-order valence-electron chi connectivity index (χ2n) is 8.15. The van der Waals surface area contributed by atoms with E-state index in [1.807, 2.05) is 36.1 Å². The molecular weight excluding hydrogens is 382 g/mol. The number of hydrogen-bond acceptors (Lipinski definition) is 5. The van der Waals surface area contributed by atoms with Crippen molar-refractivity contribution >= 4 is 22.8 Å². The Hall–Kier alpha value is -2.87. The molecule has 3 heterocycles. The summed E-state index contributed by atoms with van der Waals surface area (Å²) in [5.41, 5.74) is 2.08. The number of aromatic nitrogens is 4. The third-order valence-corrected chi connectivity index (χ3v) is 5.82. The molecule has 1 aliphatic rings. The number of anilines is 2. The molecular formula is C22H29N5O3. The van der Waals surface area contributed by atoms with Crippen molar-refractivity contribution in [1.29, 1.82) is 0 Å². The first-order valence-corrected chi connectivity index (χ1v) is 10.6. The smallest absolute Gasteiger partial charge is 0.332 e. The van der Waals surface area contributed by atoms with E-state index in [-0.39, 0.29) is 17.8 Å². The number of unbranched alkanes of at least 4 members (excludes halogenated alkanes) is 3. The molecule has 1 atom stereocenters. The first kappa shape index (κ1) is 20.4. The SMILES string of the molecule is CCCCCCn1c(=O)c2c(nc3n2C[C@@H](O)CN3c2ccc(C)cc2)n(C)c1=O. The van der Waals surface area contributed by atoms with Crippen molar-refractivity contribution < 1.29 is 5.11 Å². The number of fused-ring (bicyclic) bond motifs is 3. The molecule has 0 aliphatic carbocycles. The monoisotopic (exact) mass is 411 g/mol. The minimum atomic E-state index is -0.647. The molecule has 0 saturated carbocycles. The van der Waals surface area contributed by atoms with Crippen molar-refractivity contribution in [2.45, 2.75) is 58.7 Å². The van der Waals surface area contributed by atoms with Crippen molar-refractivity contribution in [1.82, 2.24) is 18.7 Å². The molecule has 0 spiro atoms. The summed E-state index contributed by atoms with van der Waals surface area (Å²) in [5.74, 6) is 0.579. The average molecular weight is 412 g/mol. The molecule has 0 saturated heterocycles. The van der Waals surface area contributed by atoms with Crippen LogP contribution in [0.3, 0.4) is 0 Å². The number of aliphatic hydroxyl groups excluding tert-OH is 1. The van der Waals surface area contributed by atoms with Crippen LogP contribution in [-0.2, 0) is 20.1 Å². The molecule has 0 amide bonds. The lowest BCUT2D eigenvalue weighted by atomic mass is 10.2. The normalized spacial score (nSPS) is 16.3. The Bertz CT molecular complexity index is 1170. The molecule has 2 aromatic heterocycles. The summed E-state index contributed by atoms with van der Waals surface area (Å²) in [6.07, 6.45) is 3.29. The number of hydrogen-bond donors (Lipinski definition) is 1. The van der Waals surface area contributed by atoms with Crippen molar-refractivity contribution in [2.24, 2.45) is 7.05 Å². The number of β-amino-alcohol motifs (C(OH)–C–C–N with tert-alkyl or cyclic N) is 1. The van der Waals surface area contributed by atoms with Gasteiger partial charge in [0.25, 0.3) is 5.56 Å². The van der Waals surface area contributed by atoms with Gasteiger partial charge in [0.05, 0.1) is 19.2 Å². The van der Waals surface area contributed by atoms with Crippen LogP contribution in [0.4, 0.5) is 11.6 Å². The summed E-state index contributed by atoms with van der Waals surface area (Å²) >= 11 is 0. The molecule has 0 bridgehead atoms. The van der Waals surface area contributed by atoms with E-state index in [2.05, 4.69) is 11.9 Å². The summed E-state index contributed by atoms with van der Waals surface area (Å²) in [5, 5.41) is 10.5. The van der Waals surface area contributed by atoms with Crippen LogP contribution >= 0.6 is 0 Å². The minimum Gasteiger partial charge on any atom is -0.389 e. The molecule has 0 radical (unpaired) electrons. The fourth-order valence-electron chi connectivity index (χ4n) is 4.14.